The first-order valence-corrected chi connectivity index (χ1v) is 9.32. The zero-order valence-corrected chi connectivity index (χ0v) is 15.1. The molecule has 0 saturated carbocycles. The molecule has 29 heavy (non-hydrogen) atoms. The summed E-state index contributed by atoms with van der Waals surface area (Å²) in [4.78, 5) is 2.82. The van der Waals surface area contributed by atoms with Crippen molar-refractivity contribution in [2.45, 2.75) is 11.1 Å². The summed E-state index contributed by atoms with van der Waals surface area (Å²) < 4.78 is 96.0. The van der Waals surface area contributed by atoms with Crippen molar-refractivity contribution in [1.82, 2.24) is 4.98 Å². The molecule has 0 aliphatic rings. The maximum Gasteiger partial charge on any atom is 0.417 e. The summed E-state index contributed by atoms with van der Waals surface area (Å²) in [5.41, 5.74) is -0.871. The van der Waals surface area contributed by atoms with Crippen molar-refractivity contribution in [3.8, 4) is 11.6 Å². The van der Waals surface area contributed by atoms with Crippen molar-refractivity contribution in [3.63, 3.8) is 0 Å². The summed E-state index contributed by atoms with van der Waals surface area (Å²) in [6, 6.07) is 9.14. The number of hydrogen-bond donors (Lipinski definition) is 1. The standard InChI is InChI=1S/C18H11F5N2O3S/c19-12-2-7-16(15(20)9-12)29(26,27)25-13-3-5-14(6-4-13)28-17-8-1-11(10-24-17)18(21,22)23/h1-10,25H. The van der Waals surface area contributed by atoms with Gasteiger partial charge in [0, 0.05) is 24.0 Å². The summed E-state index contributed by atoms with van der Waals surface area (Å²) in [7, 11) is -4.30. The van der Waals surface area contributed by atoms with Gasteiger partial charge in [0.2, 0.25) is 5.88 Å². The number of ether oxygens (including phenoxy) is 1. The van der Waals surface area contributed by atoms with Crippen LogP contribution < -0.4 is 9.46 Å². The SMILES string of the molecule is O=S(=O)(Nc1ccc(Oc2ccc(C(F)(F)F)cn2)cc1)c1ccc(F)cc1F. The summed E-state index contributed by atoms with van der Waals surface area (Å²) in [6.07, 6.45) is -3.90. The fourth-order valence-corrected chi connectivity index (χ4v) is 3.34. The minimum Gasteiger partial charge on any atom is -0.439 e. The Labute approximate surface area is 161 Å². The highest BCUT2D eigenvalue weighted by Gasteiger charge is 2.30. The van der Waals surface area contributed by atoms with Crippen LogP contribution in [0, 0.1) is 11.6 Å². The van der Waals surface area contributed by atoms with E-state index in [1.165, 1.54) is 24.3 Å². The van der Waals surface area contributed by atoms with Gasteiger partial charge in [-0.05, 0) is 42.5 Å². The van der Waals surface area contributed by atoms with E-state index < -0.39 is 38.3 Å². The molecule has 0 fully saturated rings. The fraction of sp³-hybridized carbons (Fsp3) is 0.0556. The molecule has 3 rings (SSSR count). The van der Waals surface area contributed by atoms with Crippen molar-refractivity contribution < 1.29 is 35.1 Å². The number of anilines is 1. The molecule has 0 atom stereocenters. The second kappa shape index (κ2) is 7.66. The van der Waals surface area contributed by atoms with Crippen LogP contribution in [0.4, 0.5) is 27.6 Å². The van der Waals surface area contributed by atoms with Gasteiger partial charge >= 0.3 is 6.18 Å². The maximum atomic E-state index is 13.7. The number of aromatic nitrogens is 1. The Hall–Kier alpha value is -3.21. The average Bonchev–Trinajstić information content (AvgIpc) is 2.62. The Morgan fingerprint density at radius 1 is 0.931 bits per heavy atom. The van der Waals surface area contributed by atoms with Gasteiger partial charge in [0.25, 0.3) is 10.0 Å². The molecule has 5 nitrogen and oxygen atoms in total. The number of alkyl halides is 3. The van der Waals surface area contributed by atoms with Crippen molar-refractivity contribution >= 4 is 15.7 Å². The highest BCUT2D eigenvalue weighted by molar-refractivity contribution is 7.92. The van der Waals surface area contributed by atoms with Gasteiger partial charge in [-0.1, -0.05) is 0 Å². The lowest BCUT2D eigenvalue weighted by molar-refractivity contribution is -0.137. The Kier molecular flexibility index (Phi) is 5.42. The van der Waals surface area contributed by atoms with Crippen LogP contribution in [0.1, 0.15) is 5.56 Å². The van der Waals surface area contributed by atoms with Crippen LogP contribution in [0.3, 0.4) is 0 Å². The molecule has 0 amide bonds. The second-order valence-electron chi connectivity index (χ2n) is 5.69. The topological polar surface area (TPSA) is 68.3 Å². The molecule has 2 aromatic carbocycles. The maximum absolute atomic E-state index is 13.7. The van der Waals surface area contributed by atoms with Crippen LogP contribution >= 0.6 is 0 Å². The minimum atomic E-state index is -4.52. The second-order valence-corrected chi connectivity index (χ2v) is 7.34. The van der Waals surface area contributed by atoms with Gasteiger partial charge in [0.1, 0.15) is 22.3 Å². The number of nitrogens with one attached hydrogen (secondary N) is 1. The molecule has 3 aromatic rings. The van der Waals surface area contributed by atoms with E-state index in [1.54, 1.807) is 0 Å². The predicted molar refractivity (Wildman–Crippen MR) is 92.9 cm³/mol. The Balaban J connectivity index is 1.71. The fourth-order valence-electron chi connectivity index (χ4n) is 2.22. The van der Waals surface area contributed by atoms with Crippen LogP contribution in [0.15, 0.2) is 65.7 Å². The number of hydrogen-bond acceptors (Lipinski definition) is 4. The lowest BCUT2D eigenvalue weighted by Gasteiger charge is -2.10. The van der Waals surface area contributed by atoms with Crippen LogP contribution in [-0.2, 0) is 16.2 Å². The lowest BCUT2D eigenvalue weighted by atomic mass is 10.3. The van der Waals surface area contributed by atoms with Gasteiger partial charge in [0.15, 0.2) is 0 Å². The average molecular weight is 430 g/mol. The van der Waals surface area contributed by atoms with Crippen molar-refractivity contribution in [3.05, 3.63) is 78.0 Å². The number of halogens is 5. The van der Waals surface area contributed by atoms with E-state index in [9.17, 15) is 30.4 Å². The van der Waals surface area contributed by atoms with Gasteiger partial charge in [-0.3, -0.25) is 4.72 Å². The highest BCUT2D eigenvalue weighted by atomic mass is 32.2. The molecule has 0 aliphatic heterocycles. The van der Waals surface area contributed by atoms with Crippen LogP contribution in [0.5, 0.6) is 11.6 Å². The van der Waals surface area contributed by atoms with E-state index in [1.807, 2.05) is 0 Å². The monoisotopic (exact) mass is 430 g/mol. The Bertz CT molecular complexity index is 1120. The third-order valence-electron chi connectivity index (χ3n) is 3.58. The summed E-state index contributed by atoms with van der Waals surface area (Å²) in [6.45, 7) is 0. The van der Waals surface area contributed by atoms with Gasteiger partial charge in [-0.2, -0.15) is 13.2 Å². The number of sulfonamides is 1. The van der Waals surface area contributed by atoms with E-state index in [0.29, 0.717) is 12.3 Å². The molecule has 0 unspecified atom stereocenters. The third kappa shape index (κ3) is 4.99. The summed E-state index contributed by atoms with van der Waals surface area (Å²) in [5.74, 6) is -2.08. The Morgan fingerprint density at radius 3 is 2.17 bits per heavy atom. The molecule has 1 aromatic heterocycles. The molecule has 0 spiro atoms. The van der Waals surface area contributed by atoms with Gasteiger partial charge in [-0.25, -0.2) is 22.2 Å². The highest BCUT2D eigenvalue weighted by Crippen LogP contribution is 2.30. The zero-order chi connectivity index (χ0) is 21.2. The summed E-state index contributed by atoms with van der Waals surface area (Å²) >= 11 is 0. The number of pyridine rings is 1. The van der Waals surface area contributed by atoms with E-state index in [-0.39, 0.29) is 17.3 Å². The smallest absolute Gasteiger partial charge is 0.417 e. The first-order chi connectivity index (χ1) is 13.5. The number of nitrogens with zero attached hydrogens (tertiary/aromatic N) is 1. The van der Waals surface area contributed by atoms with Crippen LogP contribution in [0.25, 0.3) is 0 Å². The molecule has 1 heterocycles. The van der Waals surface area contributed by atoms with Crippen molar-refractivity contribution in [2.24, 2.45) is 0 Å². The van der Waals surface area contributed by atoms with E-state index >= 15 is 0 Å². The van der Waals surface area contributed by atoms with E-state index in [0.717, 1.165) is 24.3 Å². The molecule has 0 aliphatic carbocycles. The van der Waals surface area contributed by atoms with E-state index in [2.05, 4.69) is 9.71 Å². The Morgan fingerprint density at radius 2 is 1.62 bits per heavy atom. The first kappa shape index (κ1) is 20.5. The zero-order valence-electron chi connectivity index (χ0n) is 14.2. The molecule has 0 saturated heterocycles. The van der Waals surface area contributed by atoms with Crippen LogP contribution in [-0.4, -0.2) is 13.4 Å². The first-order valence-electron chi connectivity index (χ1n) is 7.84. The quantitative estimate of drug-likeness (QED) is 0.581. The normalized spacial score (nSPS) is 11.9. The van der Waals surface area contributed by atoms with Gasteiger partial charge < -0.3 is 4.74 Å². The van der Waals surface area contributed by atoms with Crippen molar-refractivity contribution in [1.29, 1.82) is 0 Å². The third-order valence-corrected chi connectivity index (χ3v) is 4.99. The minimum absolute atomic E-state index is 0.0569. The van der Waals surface area contributed by atoms with E-state index in [4.69, 9.17) is 4.74 Å². The largest absolute Gasteiger partial charge is 0.439 e. The number of rotatable bonds is 5. The number of benzene rings is 2. The molecular formula is C18H11F5N2O3S. The molecular weight excluding hydrogens is 419 g/mol. The van der Waals surface area contributed by atoms with Crippen molar-refractivity contribution in [2.75, 3.05) is 4.72 Å². The molecule has 152 valence electrons. The van der Waals surface area contributed by atoms with Crippen LogP contribution in [0.2, 0.25) is 0 Å². The molecule has 1 N–H and O–H groups in total. The predicted octanol–water partition coefficient (Wildman–Crippen LogP) is 4.97. The molecule has 0 radical (unpaired) electrons. The molecule has 11 heteroatoms. The van der Waals surface area contributed by atoms with Gasteiger partial charge in [-0.15, -0.1) is 0 Å². The molecule has 0 bridgehead atoms. The summed E-state index contributed by atoms with van der Waals surface area (Å²) in [5, 5.41) is 0. The lowest BCUT2D eigenvalue weighted by Crippen LogP contribution is -2.14. The van der Waals surface area contributed by atoms with Gasteiger partial charge in [0.05, 0.1) is 5.56 Å².